The van der Waals surface area contributed by atoms with Gasteiger partial charge in [-0.2, -0.15) is 0 Å². The summed E-state index contributed by atoms with van der Waals surface area (Å²) in [5, 5.41) is 3.19. The summed E-state index contributed by atoms with van der Waals surface area (Å²) < 4.78 is 1.73. The van der Waals surface area contributed by atoms with E-state index >= 15 is 0 Å². The molecule has 0 fully saturated rings. The van der Waals surface area contributed by atoms with Crippen molar-refractivity contribution in [2.45, 2.75) is 6.54 Å². The summed E-state index contributed by atoms with van der Waals surface area (Å²) in [6.07, 6.45) is 3.38. The standard InChI is InChI=1S/C8H7BrClN3S/c9-6-1-5(14-8(6)10)2-12-7-3-11-4-13-7/h1,3-4,12H,2H2,(H,11,13). The molecule has 2 aromatic heterocycles. The molecule has 0 saturated carbocycles. The molecule has 0 atom stereocenters. The lowest BCUT2D eigenvalue weighted by molar-refractivity contribution is 1.16. The number of hydrogen-bond donors (Lipinski definition) is 2. The molecule has 74 valence electrons. The van der Waals surface area contributed by atoms with Crippen molar-refractivity contribution in [3.63, 3.8) is 0 Å². The van der Waals surface area contributed by atoms with Crippen LogP contribution >= 0.6 is 38.9 Å². The first-order valence-corrected chi connectivity index (χ1v) is 5.90. The summed E-state index contributed by atoms with van der Waals surface area (Å²) in [6.45, 7) is 0.748. The van der Waals surface area contributed by atoms with Gasteiger partial charge in [0.2, 0.25) is 0 Å². The van der Waals surface area contributed by atoms with Gasteiger partial charge in [-0.15, -0.1) is 11.3 Å². The third-order valence-electron chi connectivity index (χ3n) is 1.65. The molecule has 0 bridgehead atoms. The van der Waals surface area contributed by atoms with Crippen molar-refractivity contribution in [1.82, 2.24) is 9.97 Å². The first-order chi connectivity index (χ1) is 6.75. The molecule has 0 aromatic carbocycles. The molecule has 0 aliphatic carbocycles. The van der Waals surface area contributed by atoms with Crippen LogP contribution in [0.5, 0.6) is 0 Å². The van der Waals surface area contributed by atoms with Gasteiger partial charge < -0.3 is 10.3 Å². The molecule has 2 aromatic rings. The fourth-order valence-corrected chi connectivity index (χ4v) is 2.74. The van der Waals surface area contributed by atoms with Crippen LogP contribution in [-0.4, -0.2) is 9.97 Å². The van der Waals surface area contributed by atoms with Crippen LogP contribution < -0.4 is 5.32 Å². The number of thiophene rings is 1. The smallest absolute Gasteiger partial charge is 0.123 e. The second-order valence-electron chi connectivity index (χ2n) is 2.65. The Morgan fingerprint density at radius 3 is 3.07 bits per heavy atom. The molecule has 2 N–H and O–H groups in total. The van der Waals surface area contributed by atoms with E-state index in [-0.39, 0.29) is 0 Å². The average molecular weight is 293 g/mol. The van der Waals surface area contributed by atoms with Gasteiger partial charge in [0.25, 0.3) is 0 Å². The second kappa shape index (κ2) is 4.33. The highest BCUT2D eigenvalue weighted by Crippen LogP contribution is 2.32. The van der Waals surface area contributed by atoms with E-state index in [2.05, 4.69) is 31.2 Å². The molecule has 14 heavy (non-hydrogen) atoms. The highest BCUT2D eigenvalue weighted by molar-refractivity contribution is 9.10. The van der Waals surface area contributed by atoms with Gasteiger partial charge in [-0.05, 0) is 22.0 Å². The van der Waals surface area contributed by atoms with Crippen molar-refractivity contribution in [3.8, 4) is 0 Å². The summed E-state index contributed by atoms with van der Waals surface area (Å²) in [5.74, 6) is 0.908. The van der Waals surface area contributed by atoms with Crippen LogP contribution in [0.1, 0.15) is 4.88 Å². The summed E-state index contributed by atoms with van der Waals surface area (Å²) in [6, 6.07) is 2.01. The molecule has 2 heterocycles. The zero-order chi connectivity index (χ0) is 9.97. The number of nitrogens with one attached hydrogen (secondary N) is 2. The van der Waals surface area contributed by atoms with E-state index in [0.29, 0.717) is 0 Å². The maximum absolute atomic E-state index is 5.91. The summed E-state index contributed by atoms with van der Waals surface area (Å²) in [5.41, 5.74) is 0. The van der Waals surface area contributed by atoms with E-state index in [0.717, 1.165) is 21.2 Å². The minimum Gasteiger partial charge on any atom is -0.365 e. The molecule has 0 saturated heterocycles. The van der Waals surface area contributed by atoms with Gasteiger partial charge in [0, 0.05) is 9.35 Å². The molecule has 0 amide bonds. The SMILES string of the molecule is Clc1sc(CNc2cnc[nH]2)cc1Br. The summed E-state index contributed by atoms with van der Waals surface area (Å²) >= 11 is 10.8. The van der Waals surface area contributed by atoms with Crippen molar-refractivity contribution in [2.75, 3.05) is 5.32 Å². The normalized spacial score (nSPS) is 10.4. The Morgan fingerprint density at radius 1 is 1.64 bits per heavy atom. The van der Waals surface area contributed by atoms with E-state index in [1.54, 1.807) is 23.9 Å². The first kappa shape index (κ1) is 10.0. The molecule has 0 aliphatic heterocycles. The zero-order valence-electron chi connectivity index (χ0n) is 7.05. The van der Waals surface area contributed by atoms with Crippen molar-refractivity contribution < 1.29 is 0 Å². The van der Waals surface area contributed by atoms with E-state index in [1.807, 2.05) is 6.07 Å². The van der Waals surface area contributed by atoms with E-state index in [4.69, 9.17) is 11.6 Å². The number of anilines is 1. The van der Waals surface area contributed by atoms with Crippen LogP contribution in [0, 0.1) is 0 Å². The van der Waals surface area contributed by atoms with Gasteiger partial charge in [-0.3, -0.25) is 0 Å². The predicted molar refractivity (Wildman–Crippen MR) is 62.9 cm³/mol. The Kier molecular flexibility index (Phi) is 3.10. The maximum atomic E-state index is 5.91. The van der Waals surface area contributed by atoms with Crippen LogP contribution in [0.3, 0.4) is 0 Å². The Balaban J connectivity index is 1.98. The van der Waals surface area contributed by atoms with E-state index in [1.165, 1.54) is 4.88 Å². The fourth-order valence-electron chi connectivity index (χ4n) is 1.01. The second-order valence-corrected chi connectivity index (χ2v) is 5.25. The number of rotatable bonds is 3. The number of halogens is 2. The Morgan fingerprint density at radius 2 is 2.50 bits per heavy atom. The molecule has 0 unspecified atom stereocenters. The lowest BCUT2D eigenvalue weighted by Crippen LogP contribution is -1.96. The Bertz CT molecular complexity index is 393. The number of imidazole rings is 1. The lowest BCUT2D eigenvalue weighted by atomic mass is 10.4. The molecular weight excluding hydrogens is 286 g/mol. The minimum atomic E-state index is 0.748. The minimum absolute atomic E-state index is 0.748. The number of hydrogen-bond acceptors (Lipinski definition) is 3. The largest absolute Gasteiger partial charge is 0.365 e. The fraction of sp³-hybridized carbons (Fsp3) is 0.125. The van der Waals surface area contributed by atoms with Gasteiger partial charge in [-0.1, -0.05) is 11.6 Å². The number of aromatic amines is 1. The molecule has 0 spiro atoms. The maximum Gasteiger partial charge on any atom is 0.123 e. The first-order valence-electron chi connectivity index (χ1n) is 3.91. The molecule has 3 nitrogen and oxygen atoms in total. The molecule has 0 aliphatic rings. The Labute approximate surface area is 98.6 Å². The van der Waals surface area contributed by atoms with Crippen molar-refractivity contribution in [3.05, 3.63) is 32.3 Å². The van der Waals surface area contributed by atoms with E-state index < -0.39 is 0 Å². The van der Waals surface area contributed by atoms with Gasteiger partial charge in [0.15, 0.2) is 0 Å². The number of nitrogens with zero attached hydrogens (tertiary/aromatic N) is 1. The van der Waals surface area contributed by atoms with Crippen LogP contribution in [0.4, 0.5) is 5.82 Å². The van der Waals surface area contributed by atoms with Gasteiger partial charge in [0.05, 0.1) is 19.1 Å². The van der Waals surface area contributed by atoms with Crippen LogP contribution in [0.2, 0.25) is 4.34 Å². The van der Waals surface area contributed by atoms with Gasteiger partial charge >= 0.3 is 0 Å². The number of aromatic nitrogens is 2. The highest BCUT2D eigenvalue weighted by atomic mass is 79.9. The van der Waals surface area contributed by atoms with Crippen LogP contribution in [0.15, 0.2) is 23.1 Å². The topological polar surface area (TPSA) is 40.7 Å². The lowest BCUT2D eigenvalue weighted by Gasteiger charge is -1.99. The van der Waals surface area contributed by atoms with Gasteiger partial charge in [-0.25, -0.2) is 4.98 Å². The van der Waals surface area contributed by atoms with Crippen LogP contribution in [-0.2, 0) is 6.54 Å². The quantitative estimate of drug-likeness (QED) is 0.909. The molecule has 2 rings (SSSR count). The van der Waals surface area contributed by atoms with Crippen molar-refractivity contribution >= 4 is 44.7 Å². The highest BCUT2D eigenvalue weighted by Gasteiger charge is 2.04. The van der Waals surface area contributed by atoms with Gasteiger partial charge in [0.1, 0.15) is 10.2 Å². The monoisotopic (exact) mass is 291 g/mol. The van der Waals surface area contributed by atoms with E-state index in [9.17, 15) is 0 Å². The van der Waals surface area contributed by atoms with Crippen LogP contribution in [0.25, 0.3) is 0 Å². The molecule has 0 radical (unpaired) electrons. The third-order valence-corrected chi connectivity index (χ3v) is 4.12. The average Bonchev–Trinajstić information content (AvgIpc) is 2.74. The number of H-pyrrole nitrogens is 1. The van der Waals surface area contributed by atoms with Crippen molar-refractivity contribution in [1.29, 1.82) is 0 Å². The predicted octanol–water partition coefficient (Wildman–Crippen LogP) is 3.50. The van der Waals surface area contributed by atoms with Crippen molar-refractivity contribution in [2.24, 2.45) is 0 Å². The Hall–Kier alpha value is -0.520. The summed E-state index contributed by atoms with van der Waals surface area (Å²) in [7, 11) is 0. The third kappa shape index (κ3) is 2.29. The molecular formula is C8H7BrClN3S. The zero-order valence-corrected chi connectivity index (χ0v) is 10.2. The molecule has 6 heteroatoms. The summed E-state index contributed by atoms with van der Waals surface area (Å²) in [4.78, 5) is 8.05.